The summed E-state index contributed by atoms with van der Waals surface area (Å²) in [6.45, 7) is 0. The van der Waals surface area contributed by atoms with E-state index in [9.17, 15) is 9.50 Å². The third-order valence-corrected chi connectivity index (χ3v) is 4.85. The Kier molecular flexibility index (Phi) is 3.67. The molecule has 0 aliphatic heterocycles. The maximum Gasteiger partial charge on any atom is 0.124 e. The van der Waals surface area contributed by atoms with Crippen molar-refractivity contribution in [3.8, 4) is 0 Å². The van der Waals surface area contributed by atoms with E-state index in [1.807, 2.05) is 6.07 Å². The number of fused-ring (bicyclic) bond motifs is 1. The highest BCUT2D eigenvalue weighted by Crippen LogP contribution is 2.36. The number of halogens is 1. The van der Waals surface area contributed by atoms with Gasteiger partial charge >= 0.3 is 0 Å². The van der Waals surface area contributed by atoms with Crippen molar-refractivity contribution in [3.63, 3.8) is 0 Å². The van der Waals surface area contributed by atoms with E-state index in [-0.39, 0.29) is 5.82 Å². The summed E-state index contributed by atoms with van der Waals surface area (Å²) in [5.74, 6) is -0.218. The third-order valence-electron chi connectivity index (χ3n) is 3.70. The number of aliphatic hydroxyl groups is 1. The van der Waals surface area contributed by atoms with Crippen LogP contribution in [0.15, 0.2) is 35.9 Å². The second-order valence-electron chi connectivity index (χ2n) is 5.11. The summed E-state index contributed by atoms with van der Waals surface area (Å²) in [5.41, 5.74) is 1.13. The summed E-state index contributed by atoms with van der Waals surface area (Å²) in [6, 6.07) is 6.77. The summed E-state index contributed by atoms with van der Waals surface area (Å²) < 4.78 is 14.1. The molecule has 1 aromatic heterocycles. The molecular weight excluding hydrogens is 259 g/mol. The Hall–Kier alpha value is -1.19. The van der Waals surface area contributed by atoms with E-state index in [1.54, 1.807) is 6.07 Å². The van der Waals surface area contributed by atoms with Gasteiger partial charge in [0.1, 0.15) is 11.9 Å². The van der Waals surface area contributed by atoms with Crippen molar-refractivity contribution in [1.29, 1.82) is 0 Å². The average Bonchev–Trinajstić information content (AvgIpc) is 2.64. The molecule has 0 radical (unpaired) electrons. The Morgan fingerprint density at radius 1 is 1.16 bits per heavy atom. The van der Waals surface area contributed by atoms with Crippen LogP contribution in [0.3, 0.4) is 0 Å². The highest BCUT2D eigenvalue weighted by molar-refractivity contribution is 7.19. The molecule has 0 saturated heterocycles. The normalized spacial score (nSPS) is 18.1. The van der Waals surface area contributed by atoms with Crippen molar-refractivity contribution >= 4 is 21.4 Å². The topological polar surface area (TPSA) is 20.2 Å². The van der Waals surface area contributed by atoms with Crippen molar-refractivity contribution < 1.29 is 9.50 Å². The molecule has 0 bridgehead atoms. The molecule has 1 aromatic carbocycles. The molecule has 1 N–H and O–H groups in total. The van der Waals surface area contributed by atoms with Gasteiger partial charge < -0.3 is 5.11 Å². The van der Waals surface area contributed by atoms with Crippen LogP contribution in [-0.2, 0) is 0 Å². The van der Waals surface area contributed by atoms with E-state index >= 15 is 0 Å². The monoisotopic (exact) mass is 276 g/mol. The zero-order valence-electron chi connectivity index (χ0n) is 10.7. The van der Waals surface area contributed by atoms with Gasteiger partial charge in [-0.3, -0.25) is 0 Å². The molecule has 100 valence electrons. The lowest BCUT2D eigenvalue weighted by molar-refractivity contribution is 0.214. The molecule has 1 heterocycles. The van der Waals surface area contributed by atoms with Gasteiger partial charge in [0, 0.05) is 9.58 Å². The average molecular weight is 276 g/mol. The summed E-state index contributed by atoms with van der Waals surface area (Å²) in [6.07, 6.45) is 7.32. The molecule has 19 heavy (non-hydrogen) atoms. The number of allylic oxidation sites excluding steroid dienone is 1. The Labute approximate surface area is 116 Å². The van der Waals surface area contributed by atoms with E-state index in [0.29, 0.717) is 0 Å². The summed E-state index contributed by atoms with van der Waals surface area (Å²) in [5, 5.41) is 11.5. The lowest BCUT2D eigenvalue weighted by atomic mass is 10.0. The molecule has 0 spiro atoms. The number of hydrogen-bond acceptors (Lipinski definition) is 2. The summed E-state index contributed by atoms with van der Waals surface area (Å²) >= 11 is 1.49. The molecule has 1 atom stereocenters. The second-order valence-corrected chi connectivity index (χ2v) is 6.23. The van der Waals surface area contributed by atoms with E-state index in [0.717, 1.165) is 39.8 Å². The zero-order valence-corrected chi connectivity index (χ0v) is 11.5. The molecule has 0 saturated carbocycles. The molecule has 3 rings (SSSR count). The minimum atomic E-state index is -0.515. The highest BCUT2D eigenvalue weighted by Gasteiger charge is 2.17. The van der Waals surface area contributed by atoms with Crippen LogP contribution in [0.2, 0.25) is 0 Å². The first kappa shape index (κ1) is 12.8. The van der Waals surface area contributed by atoms with Crippen LogP contribution in [0.25, 0.3) is 10.1 Å². The molecule has 0 fully saturated rings. The number of rotatable bonds is 2. The molecule has 1 aliphatic rings. The van der Waals surface area contributed by atoms with Crippen molar-refractivity contribution in [2.75, 3.05) is 0 Å². The fourth-order valence-electron chi connectivity index (χ4n) is 2.63. The Balaban J connectivity index is 1.92. The number of aliphatic hydroxyl groups excluding tert-OH is 1. The number of benzene rings is 1. The molecule has 3 heteroatoms. The van der Waals surface area contributed by atoms with Gasteiger partial charge in [-0.25, -0.2) is 4.39 Å². The first-order valence-electron chi connectivity index (χ1n) is 6.80. The fraction of sp³-hybridized carbons (Fsp3) is 0.375. The smallest absolute Gasteiger partial charge is 0.124 e. The van der Waals surface area contributed by atoms with Gasteiger partial charge in [-0.2, -0.15) is 0 Å². The Morgan fingerprint density at radius 2 is 2.05 bits per heavy atom. The highest BCUT2D eigenvalue weighted by atomic mass is 32.1. The molecule has 1 nitrogen and oxygen atoms in total. The fourth-order valence-corrected chi connectivity index (χ4v) is 3.75. The first-order valence-corrected chi connectivity index (χ1v) is 7.62. The summed E-state index contributed by atoms with van der Waals surface area (Å²) in [7, 11) is 0. The van der Waals surface area contributed by atoms with Gasteiger partial charge in [0.2, 0.25) is 0 Å². The predicted molar refractivity (Wildman–Crippen MR) is 77.9 cm³/mol. The van der Waals surface area contributed by atoms with Gasteiger partial charge in [0.15, 0.2) is 0 Å². The maximum absolute atomic E-state index is 13.2. The minimum absolute atomic E-state index is 0.218. The van der Waals surface area contributed by atoms with Crippen molar-refractivity contribution in [1.82, 2.24) is 0 Å². The van der Waals surface area contributed by atoms with Crippen LogP contribution in [-0.4, -0.2) is 5.11 Å². The Bertz CT molecular complexity index is 614. The molecule has 1 unspecified atom stereocenters. The van der Waals surface area contributed by atoms with E-state index in [4.69, 9.17) is 0 Å². The predicted octanol–water partition coefficient (Wildman–Crippen LogP) is 4.96. The van der Waals surface area contributed by atoms with Crippen LogP contribution < -0.4 is 0 Å². The SMILES string of the molecule is OC(C1=CCCCCC1)c1cc2ccc(F)cc2s1. The van der Waals surface area contributed by atoms with Crippen LogP contribution in [0.5, 0.6) is 0 Å². The van der Waals surface area contributed by atoms with Crippen LogP contribution in [0.4, 0.5) is 4.39 Å². The molecule has 0 amide bonds. The van der Waals surface area contributed by atoms with Crippen LogP contribution >= 0.6 is 11.3 Å². The summed E-state index contributed by atoms with van der Waals surface area (Å²) in [4.78, 5) is 0.925. The third kappa shape index (κ3) is 2.72. The number of thiophene rings is 1. The largest absolute Gasteiger partial charge is 0.383 e. The van der Waals surface area contributed by atoms with Gasteiger partial charge in [-0.05, 0) is 54.8 Å². The van der Waals surface area contributed by atoms with Gasteiger partial charge in [0.25, 0.3) is 0 Å². The molecule has 2 aromatic rings. The van der Waals surface area contributed by atoms with Crippen molar-refractivity contribution in [2.45, 2.75) is 38.2 Å². The standard InChI is InChI=1S/C16H17FOS/c17-13-8-7-12-9-15(19-14(12)10-13)16(18)11-5-3-1-2-4-6-11/h5,7-10,16,18H,1-4,6H2. The number of hydrogen-bond donors (Lipinski definition) is 1. The van der Waals surface area contributed by atoms with E-state index in [2.05, 4.69) is 6.08 Å². The van der Waals surface area contributed by atoms with Gasteiger partial charge in [-0.15, -0.1) is 11.3 Å². The Morgan fingerprint density at radius 3 is 2.95 bits per heavy atom. The van der Waals surface area contributed by atoms with E-state index < -0.39 is 6.10 Å². The second kappa shape index (κ2) is 5.43. The van der Waals surface area contributed by atoms with Crippen molar-refractivity contribution in [3.05, 3.63) is 46.6 Å². The zero-order chi connectivity index (χ0) is 13.2. The molecule has 1 aliphatic carbocycles. The minimum Gasteiger partial charge on any atom is -0.383 e. The van der Waals surface area contributed by atoms with Crippen molar-refractivity contribution in [2.24, 2.45) is 0 Å². The van der Waals surface area contributed by atoms with Gasteiger partial charge in [0.05, 0.1) is 0 Å². The lowest BCUT2D eigenvalue weighted by Crippen LogP contribution is -1.98. The lowest BCUT2D eigenvalue weighted by Gasteiger charge is -2.12. The maximum atomic E-state index is 13.2. The molecular formula is C16H17FOS. The quantitative estimate of drug-likeness (QED) is 0.768. The van der Waals surface area contributed by atoms with Crippen LogP contribution in [0, 0.1) is 5.82 Å². The first-order chi connectivity index (χ1) is 9.24. The van der Waals surface area contributed by atoms with E-state index in [1.165, 1.54) is 36.3 Å². The van der Waals surface area contributed by atoms with Gasteiger partial charge in [-0.1, -0.05) is 18.6 Å². The van der Waals surface area contributed by atoms with Crippen LogP contribution in [0.1, 0.15) is 43.1 Å².